The first-order valence-corrected chi connectivity index (χ1v) is 14.2. The number of fused-ring (bicyclic) bond motifs is 1. The van der Waals surface area contributed by atoms with Gasteiger partial charge in [0.15, 0.2) is 5.76 Å². The topological polar surface area (TPSA) is 79.8 Å². The number of nitrogens with zero attached hydrogens (tertiary/aromatic N) is 3. The van der Waals surface area contributed by atoms with Crippen LogP contribution in [0.3, 0.4) is 0 Å². The lowest BCUT2D eigenvalue weighted by Gasteiger charge is -2.42. The van der Waals surface area contributed by atoms with Crippen LogP contribution in [0.2, 0.25) is 0 Å². The van der Waals surface area contributed by atoms with Crippen LogP contribution >= 0.6 is 0 Å². The van der Waals surface area contributed by atoms with E-state index in [1.54, 1.807) is 15.9 Å². The molecular weight excluding hydrogens is 547 g/mol. The number of furan rings is 1. The molecule has 1 amide bonds. The van der Waals surface area contributed by atoms with Crippen LogP contribution in [0.1, 0.15) is 84.7 Å². The van der Waals surface area contributed by atoms with Gasteiger partial charge in [-0.15, -0.1) is 0 Å². The Bertz CT molecular complexity index is 1530. The van der Waals surface area contributed by atoms with Gasteiger partial charge in [-0.05, 0) is 77.1 Å². The van der Waals surface area contributed by atoms with Gasteiger partial charge in [-0.3, -0.25) is 14.9 Å². The second kappa shape index (κ2) is 10.5. The Morgan fingerprint density at radius 1 is 0.952 bits per heavy atom. The average molecular weight is 584 g/mol. The number of alkyl halides is 3. The normalized spacial score (nSPS) is 18.1. The van der Waals surface area contributed by atoms with Crippen LogP contribution in [-0.2, 0) is 23.4 Å². The molecule has 0 spiro atoms. The zero-order valence-corrected chi connectivity index (χ0v) is 24.6. The van der Waals surface area contributed by atoms with Crippen LogP contribution in [0.5, 0.6) is 0 Å². The van der Waals surface area contributed by atoms with Crippen molar-refractivity contribution < 1.29 is 27.3 Å². The number of rotatable bonds is 5. The molecule has 2 heterocycles. The Morgan fingerprint density at radius 2 is 1.57 bits per heavy atom. The Morgan fingerprint density at radius 3 is 2.17 bits per heavy atom. The maximum atomic E-state index is 13.2. The molecule has 42 heavy (non-hydrogen) atoms. The number of anilines is 1. The maximum absolute atomic E-state index is 13.2. The van der Waals surface area contributed by atoms with Crippen molar-refractivity contribution in [3.05, 3.63) is 91.9 Å². The van der Waals surface area contributed by atoms with Crippen LogP contribution in [-0.4, -0.2) is 41.9 Å². The summed E-state index contributed by atoms with van der Waals surface area (Å²) >= 11 is 0. The molecule has 0 radical (unpaired) electrons. The first kappa shape index (κ1) is 29.7. The van der Waals surface area contributed by atoms with Crippen molar-refractivity contribution in [2.75, 3.05) is 31.1 Å². The lowest BCUT2D eigenvalue weighted by atomic mass is 9.62. The molecular formula is C32H36F3N3O4. The predicted molar refractivity (Wildman–Crippen MR) is 154 cm³/mol. The third kappa shape index (κ3) is 5.63. The van der Waals surface area contributed by atoms with E-state index < -0.39 is 22.4 Å². The standard InChI is InChI=1S/C32H36F3N3O4/c1-20-16-24-25(31(4,5)11-10-30(24,2)3)18-21(20)17-23-7-9-28(42-23)29(39)37-14-12-36(13-15-37)26-8-6-22(32(33,34)35)19-27(26)38(40)41/h6-9,16,18-19H,10-15,17H2,1-5H3. The zero-order chi connectivity index (χ0) is 30.6. The van der Waals surface area contributed by atoms with Gasteiger partial charge in [-0.1, -0.05) is 39.8 Å². The number of carbonyl (C=O) groups is 1. The summed E-state index contributed by atoms with van der Waals surface area (Å²) in [5, 5.41) is 11.5. The van der Waals surface area contributed by atoms with Gasteiger partial charge in [0.2, 0.25) is 0 Å². The molecule has 2 aliphatic rings. The molecule has 7 nitrogen and oxygen atoms in total. The first-order chi connectivity index (χ1) is 19.6. The SMILES string of the molecule is Cc1cc2c(cc1Cc1ccc(C(=O)N3CCN(c4ccc(C(F)(F)F)cc4[N+](=O)[O-])CC3)o1)C(C)(C)CCC2(C)C. The summed E-state index contributed by atoms with van der Waals surface area (Å²) in [6.45, 7) is 12.3. The second-order valence-corrected chi connectivity index (χ2v) is 12.8. The summed E-state index contributed by atoms with van der Waals surface area (Å²) in [5.41, 5.74) is 3.76. The van der Waals surface area contributed by atoms with Gasteiger partial charge in [-0.2, -0.15) is 13.2 Å². The van der Waals surface area contributed by atoms with Crippen molar-refractivity contribution in [1.29, 1.82) is 0 Å². The molecule has 1 fully saturated rings. The van der Waals surface area contributed by atoms with Crippen molar-refractivity contribution in [2.45, 2.75) is 70.9 Å². The molecule has 0 bridgehead atoms. The van der Waals surface area contributed by atoms with Crippen molar-refractivity contribution in [2.24, 2.45) is 0 Å². The van der Waals surface area contributed by atoms with Gasteiger partial charge >= 0.3 is 6.18 Å². The van der Waals surface area contributed by atoms with E-state index in [1.165, 1.54) is 22.3 Å². The Kier molecular flexibility index (Phi) is 7.39. The smallest absolute Gasteiger partial charge is 0.416 e. The summed E-state index contributed by atoms with van der Waals surface area (Å²) in [6.07, 6.45) is -1.85. The summed E-state index contributed by atoms with van der Waals surface area (Å²) in [7, 11) is 0. The van der Waals surface area contributed by atoms with Gasteiger partial charge in [0.25, 0.3) is 11.6 Å². The highest BCUT2D eigenvalue weighted by Crippen LogP contribution is 2.46. The number of hydrogen-bond acceptors (Lipinski definition) is 5. The summed E-state index contributed by atoms with van der Waals surface area (Å²) in [4.78, 5) is 27.2. The summed E-state index contributed by atoms with van der Waals surface area (Å²) in [5.74, 6) is 0.622. The van der Waals surface area contributed by atoms with Gasteiger partial charge in [-0.25, -0.2) is 0 Å². The van der Waals surface area contributed by atoms with E-state index in [-0.39, 0.29) is 54.4 Å². The Hall–Kier alpha value is -3.82. The van der Waals surface area contributed by atoms with Gasteiger partial charge in [0.05, 0.1) is 10.5 Å². The lowest BCUT2D eigenvalue weighted by Crippen LogP contribution is -2.48. The van der Waals surface area contributed by atoms with E-state index in [9.17, 15) is 28.1 Å². The van der Waals surface area contributed by atoms with Gasteiger partial charge < -0.3 is 14.2 Å². The molecule has 3 aromatic rings. The third-order valence-electron chi connectivity index (χ3n) is 8.95. The van der Waals surface area contributed by atoms with Crippen LogP contribution in [0.4, 0.5) is 24.5 Å². The number of benzene rings is 2. The predicted octanol–water partition coefficient (Wildman–Crippen LogP) is 7.42. The molecule has 0 unspecified atom stereocenters. The first-order valence-electron chi connectivity index (χ1n) is 14.2. The monoisotopic (exact) mass is 583 g/mol. The van der Waals surface area contributed by atoms with Crippen LogP contribution in [0.15, 0.2) is 46.9 Å². The number of nitro groups is 1. The molecule has 1 aliphatic heterocycles. The minimum atomic E-state index is -4.68. The number of hydrogen-bond donors (Lipinski definition) is 0. The van der Waals surface area contributed by atoms with Crippen LogP contribution < -0.4 is 4.90 Å². The number of amides is 1. The van der Waals surface area contributed by atoms with E-state index in [4.69, 9.17) is 4.42 Å². The molecule has 224 valence electrons. The van der Waals surface area contributed by atoms with Crippen molar-refractivity contribution in [3.63, 3.8) is 0 Å². The molecule has 0 saturated carbocycles. The van der Waals surface area contributed by atoms with Crippen molar-refractivity contribution >= 4 is 17.3 Å². The fourth-order valence-electron chi connectivity index (χ4n) is 6.15. The van der Waals surface area contributed by atoms with E-state index in [2.05, 4.69) is 46.8 Å². The molecule has 1 saturated heterocycles. The van der Waals surface area contributed by atoms with Crippen molar-refractivity contribution in [1.82, 2.24) is 4.90 Å². The second-order valence-electron chi connectivity index (χ2n) is 12.8. The van der Waals surface area contributed by atoms with Crippen LogP contribution in [0.25, 0.3) is 0 Å². The molecule has 0 atom stereocenters. The Balaban J connectivity index is 1.27. The number of halogens is 3. The lowest BCUT2D eigenvalue weighted by molar-refractivity contribution is -0.384. The Labute approximate surface area is 243 Å². The van der Waals surface area contributed by atoms with E-state index in [0.29, 0.717) is 18.2 Å². The molecule has 5 rings (SSSR count). The minimum Gasteiger partial charge on any atom is -0.456 e. The van der Waals surface area contributed by atoms with Gasteiger partial charge in [0, 0.05) is 38.7 Å². The summed E-state index contributed by atoms with van der Waals surface area (Å²) in [6, 6.07) is 10.6. The molecule has 2 aromatic carbocycles. The van der Waals surface area contributed by atoms with Crippen molar-refractivity contribution in [3.8, 4) is 0 Å². The van der Waals surface area contributed by atoms with E-state index >= 15 is 0 Å². The number of aryl methyl sites for hydroxylation is 1. The highest BCUT2D eigenvalue weighted by Gasteiger charge is 2.38. The average Bonchev–Trinajstić information content (AvgIpc) is 3.39. The van der Waals surface area contributed by atoms with E-state index in [0.717, 1.165) is 25.0 Å². The summed E-state index contributed by atoms with van der Waals surface area (Å²) < 4.78 is 45.3. The third-order valence-corrected chi connectivity index (χ3v) is 8.95. The fourth-order valence-corrected chi connectivity index (χ4v) is 6.15. The molecule has 10 heteroatoms. The fraction of sp³-hybridized carbons (Fsp3) is 0.469. The highest BCUT2D eigenvalue weighted by atomic mass is 19.4. The number of carbonyl (C=O) groups excluding carboxylic acids is 1. The molecule has 0 N–H and O–H groups in total. The minimum absolute atomic E-state index is 0.0839. The van der Waals surface area contributed by atoms with E-state index in [1.807, 2.05) is 6.07 Å². The van der Waals surface area contributed by atoms with Gasteiger partial charge in [0.1, 0.15) is 11.4 Å². The maximum Gasteiger partial charge on any atom is 0.416 e. The number of nitro benzene ring substituents is 1. The highest BCUT2D eigenvalue weighted by molar-refractivity contribution is 5.91. The van der Waals surface area contributed by atoms with Crippen LogP contribution in [0, 0.1) is 17.0 Å². The largest absolute Gasteiger partial charge is 0.456 e. The molecule has 1 aromatic heterocycles. The number of piperazine rings is 1. The molecule has 1 aliphatic carbocycles. The zero-order valence-electron chi connectivity index (χ0n) is 24.6. The quantitative estimate of drug-likeness (QED) is 0.231.